The number of nitrogens with two attached hydrogens (primary N) is 2. The van der Waals surface area contributed by atoms with Crippen LogP contribution in [0.4, 0.5) is 11.9 Å². The zero-order chi connectivity index (χ0) is 14.6. The molecule has 21 heavy (non-hydrogen) atoms. The third kappa shape index (κ3) is 1.50. The number of nitrogen functional groups attached to an aromatic ring is 2. The van der Waals surface area contributed by atoms with Crippen LogP contribution < -0.4 is 17.0 Å². The molecule has 0 aliphatic heterocycles. The summed E-state index contributed by atoms with van der Waals surface area (Å²) < 4.78 is 0. The first-order valence-electron chi connectivity index (χ1n) is 5.59. The summed E-state index contributed by atoms with van der Waals surface area (Å²) >= 11 is 0. The Hall–Kier alpha value is -3.64. The van der Waals surface area contributed by atoms with Crippen LogP contribution in [0.5, 0.6) is 0 Å². The van der Waals surface area contributed by atoms with E-state index >= 15 is 0 Å². The highest BCUT2D eigenvalue weighted by Gasteiger charge is 2.16. The molecule has 0 saturated carbocycles. The molecular formula is C8H6N12O. The molecule has 0 fully saturated rings. The van der Waals surface area contributed by atoms with Crippen molar-refractivity contribution in [3.05, 3.63) is 16.6 Å². The molecule has 0 unspecified atom stereocenters. The Morgan fingerprint density at radius 3 is 2.67 bits per heavy atom. The van der Waals surface area contributed by atoms with Gasteiger partial charge in [0.1, 0.15) is 0 Å². The zero-order valence-corrected chi connectivity index (χ0v) is 10.2. The number of rotatable bonds is 1. The summed E-state index contributed by atoms with van der Waals surface area (Å²) in [5.41, 5.74) is 11.3. The summed E-state index contributed by atoms with van der Waals surface area (Å²) in [6, 6.07) is 0. The number of aromatic amines is 1. The Labute approximate surface area is 113 Å². The number of aromatic nitrogens is 10. The molecular weight excluding hydrogens is 280 g/mol. The van der Waals surface area contributed by atoms with E-state index in [-0.39, 0.29) is 28.7 Å². The second-order valence-corrected chi connectivity index (χ2v) is 4.02. The molecule has 4 rings (SSSR count). The maximum atomic E-state index is 11.7. The lowest BCUT2D eigenvalue weighted by Crippen LogP contribution is -2.17. The van der Waals surface area contributed by atoms with Gasteiger partial charge in [-0.05, 0) is 10.4 Å². The lowest BCUT2D eigenvalue weighted by molar-refractivity contribution is 0.498. The molecule has 0 bridgehead atoms. The summed E-state index contributed by atoms with van der Waals surface area (Å²) in [7, 11) is 0. The van der Waals surface area contributed by atoms with Gasteiger partial charge < -0.3 is 11.5 Å². The minimum Gasteiger partial charge on any atom is -0.369 e. The summed E-state index contributed by atoms with van der Waals surface area (Å²) in [6.07, 6.45) is 1.41. The first-order valence-corrected chi connectivity index (χ1v) is 5.59. The average molecular weight is 286 g/mol. The van der Waals surface area contributed by atoms with Crippen molar-refractivity contribution in [2.24, 2.45) is 0 Å². The van der Waals surface area contributed by atoms with Crippen LogP contribution >= 0.6 is 0 Å². The van der Waals surface area contributed by atoms with Gasteiger partial charge >= 0.3 is 0 Å². The third-order valence-corrected chi connectivity index (χ3v) is 2.69. The maximum absolute atomic E-state index is 11.7. The molecule has 104 valence electrons. The molecule has 4 heterocycles. The zero-order valence-electron chi connectivity index (χ0n) is 10.2. The Morgan fingerprint density at radius 1 is 1.05 bits per heavy atom. The number of hydrogen-bond donors (Lipinski definition) is 3. The molecule has 4 aromatic rings. The highest BCUT2D eigenvalue weighted by molar-refractivity contribution is 5.72. The van der Waals surface area contributed by atoms with Crippen molar-refractivity contribution in [1.82, 2.24) is 50.1 Å². The quantitative estimate of drug-likeness (QED) is 0.338. The number of fused-ring (bicyclic) bond motifs is 2. The van der Waals surface area contributed by atoms with Gasteiger partial charge in [-0.15, -0.1) is 19.8 Å². The van der Waals surface area contributed by atoms with Crippen molar-refractivity contribution < 1.29 is 0 Å². The number of nitrogens with one attached hydrogen (secondary N) is 1. The standard InChI is InChI=1S/C8H6N12O/c9-7-11-1-2-4(12-7)19(17-15-2)20-5-3(16-18-20)6(21)14-8(10)13-5/h1H,(H2,9,11,12)(H3,10,13,14,21). The van der Waals surface area contributed by atoms with Crippen LogP contribution in [0.15, 0.2) is 11.0 Å². The third-order valence-electron chi connectivity index (χ3n) is 2.69. The van der Waals surface area contributed by atoms with Crippen LogP contribution in [0.1, 0.15) is 0 Å². The molecule has 0 aliphatic rings. The minimum atomic E-state index is -0.512. The van der Waals surface area contributed by atoms with Crippen molar-refractivity contribution in [3.8, 4) is 0 Å². The topological polar surface area (TPSA) is 185 Å². The first-order chi connectivity index (χ1) is 10.1. The summed E-state index contributed by atoms with van der Waals surface area (Å²) in [6.45, 7) is 0. The van der Waals surface area contributed by atoms with Crippen molar-refractivity contribution in [3.63, 3.8) is 0 Å². The number of hydrogen-bond acceptors (Lipinski definition) is 10. The second kappa shape index (κ2) is 3.69. The Bertz CT molecular complexity index is 1040. The van der Waals surface area contributed by atoms with Gasteiger partial charge in [-0.3, -0.25) is 9.78 Å². The summed E-state index contributed by atoms with van der Waals surface area (Å²) in [5, 5.41) is 15.3. The molecule has 0 aliphatic carbocycles. The smallest absolute Gasteiger partial charge is 0.282 e. The van der Waals surface area contributed by atoms with Crippen LogP contribution in [0.25, 0.3) is 22.3 Å². The molecule has 13 nitrogen and oxygen atoms in total. The van der Waals surface area contributed by atoms with Crippen LogP contribution in [0.2, 0.25) is 0 Å². The van der Waals surface area contributed by atoms with Gasteiger partial charge in [0.05, 0.1) is 6.20 Å². The van der Waals surface area contributed by atoms with Crippen molar-refractivity contribution in [2.75, 3.05) is 11.5 Å². The second-order valence-electron chi connectivity index (χ2n) is 4.02. The Kier molecular flexibility index (Phi) is 1.97. The fourth-order valence-corrected chi connectivity index (χ4v) is 1.82. The normalized spacial score (nSPS) is 11.4. The van der Waals surface area contributed by atoms with Gasteiger partial charge in [0.15, 0.2) is 11.0 Å². The van der Waals surface area contributed by atoms with Crippen molar-refractivity contribution >= 4 is 34.2 Å². The van der Waals surface area contributed by atoms with E-state index in [4.69, 9.17) is 11.5 Å². The number of nitrogens with zero attached hydrogens (tertiary/aromatic N) is 9. The molecule has 5 N–H and O–H groups in total. The predicted octanol–water partition coefficient (Wildman–Crippen LogP) is -2.47. The van der Waals surface area contributed by atoms with Gasteiger partial charge in [-0.1, -0.05) is 0 Å². The maximum Gasteiger partial charge on any atom is 0.282 e. The van der Waals surface area contributed by atoms with Crippen LogP contribution in [-0.2, 0) is 0 Å². The lowest BCUT2D eigenvalue weighted by atomic mass is 10.5. The largest absolute Gasteiger partial charge is 0.369 e. The Morgan fingerprint density at radius 2 is 1.81 bits per heavy atom. The van der Waals surface area contributed by atoms with Crippen LogP contribution in [0.3, 0.4) is 0 Å². The molecule has 0 radical (unpaired) electrons. The van der Waals surface area contributed by atoms with E-state index in [2.05, 4.69) is 40.6 Å². The Balaban J connectivity index is 2.09. The van der Waals surface area contributed by atoms with E-state index < -0.39 is 5.56 Å². The van der Waals surface area contributed by atoms with Gasteiger partial charge in [-0.2, -0.15) is 9.97 Å². The number of anilines is 2. The van der Waals surface area contributed by atoms with Crippen LogP contribution in [0, 0.1) is 0 Å². The average Bonchev–Trinajstić information content (AvgIpc) is 3.01. The van der Waals surface area contributed by atoms with E-state index in [1.165, 1.54) is 11.0 Å². The van der Waals surface area contributed by atoms with Gasteiger partial charge in [-0.25, -0.2) is 4.98 Å². The molecule has 0 aromatic carbocycles. The van der Waals surface area contributed by atoms with Gasteiger partial charge in [0, 0.05) is 0 Å². The first kappa shape index (κ1) is 11.2. The van der Waals surface area contributed by atoms with E-state index in [0.29, 0.717) is 5.52 Å². The van der Waals surface area contributed by atoms with E-state index in [0.717, 1.165) is 4.79 Å². The van der Waals surface area contributed by atoms with E-state index in [9.17, 15) is 4.79 Å². The molecule has 0 saturated heterocycles. The minimum absolute atomic E-state index is 0.00915. The SMILES string of the molecule is Nc1ncc2nnn(-n3nnc4c(=O)[nH]c(N)nc43)c2n1. The van der Waals surface area contributed by atoms with E-state index in [1.54, 1.807) is 0 Å². The predicted molar refractivity (Wildman–Crippen MR) is 68.7 cm³/mol. The molecule has 0 atom stereocenters. The fourth-order valence-electron chi connectivity index (χ4n) is 1.82. The fraction of sp³-hybridized carbons (Fsp3) is 0. The highest BCUT2D eigenvalue weighted by atomic mass is 16.1. The van der Waals surface area contributed by atoms with Crippen LogP contribution in [-0.4, -0.2) is 50.1 Å². The molecule has 0 spiro atoms. The molecule has 13 heteroatoms. The number of H-pyrrole nitrogens is 1. The highest BCUT2D eigenvalue weighted by Crippen LogP contribution is 2.10. The van der Waals surface area contributed by atoms with Crippen molar-refractivity contribution in [2.45, 2.75) is 0 Å². The van der Waals surface area contributed by atoms with Gasteiger partial charge in [0.2, 0.25) is 23.2 Å². The monoisotopic (exact) mass is 286 g/mol. The molecule has 0 amide bonds. The molecule has 4 aromatic heterocycles. The van der Waals surface area contributed by atoms with E-state index in [1.807, 2.05) is 0 Å². The summed E-state index contributed by atoms with van der Waals surface area (Å²) in [4.78, 5) is 28.2. The summed E-state index contributed by atoms with van der Waals surface area (Å²) in [5.74, 6) is -0.0320. The lowest BCUT2D eigenvalue weighted by Gasteiger charge is -2.00. The van der Waals surface area contributed by atoms with Gasteiger partial charge in [0.25, 0.3) is 5.56 Å². The van der Waals surface area contributed by atoms with Crippen molar-refractivity contribution in [1.29, 1.82) is 0 Å².